The summed E-state index contributed by atoms with van der Waals surface area (Å²) in [7, 11) is 0. The SMILES string of the molecule is Nc1ccc2oc(Cn3cc(Cl)c(=O)[nH]c3=O)nc2c1. The van der Waals surface area contributed by atoms with Crippen molar-refractivity contribution in [1.82, 2.24) is 14.5 Å². The van der Waals surface area contributed by atoms with Gasteiger partial charge in [0.2, 0.25) is 5.89 Å². The van der Waals surface area contributed by atoms with Gasteiger partial charge in [0.25, 0.3) is 5.56 Å². The Morgan fingerprint density at radius 3 is 3.00 bits per heavy atom. The van der Waals surface area contributed by atoms with Crippen LogP contribution in [-0.2, 0) is 6.54 Å². The molecule has 3 rings (SSSR count). The van der Waals surface area contributed by atoms with E-state index >= 15 is 0 Å². The Morgan fingerprint density at radius 2 is 2.20 bits per heavy atom. The molecular weight excluding hydrogens is 284 g/mol. The first-order valence-electron chi connectivity index (χ1n) is 5.67. The van der Waals surface area contributed by atoms with Crippen LogP contribution < -0.4 is 17.0 Å². The van der Waals surface area contributed by atoms with Gasteiger partial charge in [-0.3, -0.25) is 14.3 Å². The Morgan fingerprint density at radius 1 is 1.40 bits per heavy atom. The molecule has 0 bridgehead atoms. The summed E-state index contributed by atoms with van der Waals surface area (Å²) in [5.74, 6) is 0.316. The van der Waals surface area contributed by atoms with E-state index in [1.807, 2.05) is 0 Å². The van der Waals surface area contributed by atoms with Crippen molar-refractivity contribution in [1.29, 1.82) is 0 Å². The van der Waals surface area contributed by atoms with Crippen LogP contribution in [0.2, 0.25) is 5.02 Å². The summed E-state index contributed by atoms with van der Waals surface area (Å²) in [4.78, 5) is 29.1. The fraction of sp³-hybridized carbons (Fsp3) is 0.0833. The van der Waals surface area contributed by atoms with Crippen molar-refractivity contribution in [3.05, 3.63) is 56.1 Å². The van der Waals surface area contributed by atoms with E-state index in [0.29, 0.717) is 22.7 Å². The minimum absolute atomic E-state index is 0.0594. The second-order valence-corrected chi connectivity index (χ2v) is 4.61. The molecule has 3 aromatic rings. The zero-order valence-corrected chi connectivity index (χ0v) is 10.8. The monoisotopic (exact) mass is 292 g/mol. The normalized spacial score (nSPS) is 11.1. The Bertz CT molecular complexity index is 909. The molecule has 3 N–H and O–H groups in total. The molecule has 0 saturated heterocycles. The van der Waals surface area contributed by atoms with Crippen LogP contribution in [0.3, 0.4) is 0 Å². The van der Waals surface area contributed by atoms with E-state index in [1.165, 1.54) is 10.8 Å². The lowest BCUT2D eigenvalue weighted by atomic mass is 10.3. The zero-order valence-electron chi connectivity index (χ0n) is 10.1. The van der Waals surface area contributed by atoms with Gasteiger partial charge < -0.3 is 10.2 Å². The van der Waals surface area contributed by atoms with E-state index in [1.54, 1.807) is 18.2 Å². The van der Waals surface area contributed by atoms with Crippen molar-refractivity contribution >= 4 is 28.4 Å². The molecule has 0 radical (unpaired) electrons. The van der Waals surface area contributed by atoms with E-state index in [2.05, 4.69) is 9.97 Å². The van der Waals surface area contributed by atoms with Gasteiger partial charge in [0.05, 0.1) is 0 Å². The van der Waals surface area contributed by atoms with Crippen LogP contribution >= 0.6 is 11.6 Å². The lowest BCUT2D eigenvalue weighted by molar-refractivity contribution is 0.500. The van der Waals surface area contributed by atoms with Gasteiger partial charge in [0, 0.05) is 11.9 Å². The summed E-state index contributed by atoms with van der Waals surface area (Å²) < 4.78 is 6.70. The van der Waals surface area contributed by atoms with Crippen LogP contribution in [0.4, 0.5) is 5.69 Å². The fourth-order valence-corrected chi connectivity index (χ4v) is 1.97. The molecule has 7 nitrogen and oxygen atoms in total. The van der Waals surface area contributed by atoms with Crippen LogP contribution in [0, 0.1) is 0 Å². The lowest BCUT2D eigenvalue weighted by Crippen LogP contribution is -2.30. The summed E-state index contributed by atoms with van der Waals surface area (Å²) in [5, 5.41) is -0.0787. The molecule has 2 aromatic heterocycles. The molecule has 2 heterocycles. The Labute approximate surface area is 116 Å². The molecule has 0 spiro atoms. The molecule has 102 valence electrons. The average molecular weight is 293 g/mol. The number of nitrogens with one attached hydrogen (secondary N) is 1. The smallest absolute Gasteiger partial charge is 0.328 e. The van der Waals surface area contributed by atoms with E-state index < -0.39 is 11.2 Å². The van der Waals surface area contributed by atoms with Gasteiger partial charge in [-0.25, -0.2) is 9.78 Å². The number of H-pyrrole nitrogens is 1. The molecule has 0 aliphatic carbocycles. The number of benzene rings is 1. The van der Waals surface area contributed by atoms with Crippen molar-refractivity contribution in [2.24, 2.45) is 0 Å². The number of oxazole rings is 1. The van der Waals surface area contributed by atoms with Gasteiger partial charge >= 0.3 is 5.69 Å². The minimum Gasteiger partial charge on any atom is -0.439 e. The average Bonchev–Trinajstić information content (AvgIpc) is 2.77. The lowest BCUT2D eigenvalue weighted by Gasteiger charge is -2.01. The number of rotatable bonds is 2. The summed E-state index contributed by atoms with van der Waals surface area (Å²) >= 11 is 5.68. The number of hydrogen-bond acceptors (Lipinski definition) is 5. The van der Waals surface area contributed by atoms with Crippen LogP contribution in [0.25, 0.3) is 11.1 Å². The number of anilines is 1. The van der Waals surface area contributed by atoms with Gasteiger partial charge in [0.1, 0.15) is 17.1 Å². The summed E-state index contributed by atoms with van der Waals surface area (Å²) in [6.07, 6.45) is 1.24. The highest BCUT2D eigenvalue weighted by molar-refractivity contribution is 6.30. The van der Waals surface area contributed by atoms with Crippen LogP contribution in [-0.4, -0.2) is 14.5 Å². The molecule has 0 amide bonds. The first-order valence-corrected chi connectivity index (χ1v) is 6.05. The number of nitrogens with two attached hydrogens (primary N) is 1. The highest BCUT2D eigenvalue weighted by atomic mass is 35.5. The van der Waals surface area contributed by atoms with Gasteiger partial charge in [-0.1, -0.05) is 11.6 Å². The number of aromatic amines is 1. The highest BCUT2D eigenvalue weighted by Crippen LogP contribution is 2.18. The van der Waals surface area contributed by atoms with Crippen molar-refractivity contribution in [2.75, 3.05) is 5.73 Å². The molecule has 0 saturated carbocycles. The molecule has 0 fully saturated rings. The molecule has 0 aliphatic rings. The number of nitrogen functional groups attached to an aromatic ring is 1. The second-order valence-electron chi connectivity index (χ2n) is 4.20. The number of nitrogens with zero attached hydrogens (tertiary/aromatic N) is 2. The van der Waals surface area contributed by atoms with E-state index in [-0.39, 0.29) is 11.6 Å². The van der Waals surface area contributed by atoms with Gasteiger partial charge in [-0.2, -0.15) is 0 Å². The minimum atomic E-state index is -0.627. The fourth-order valence-electron chi connectivity index (χ4n) is 1.81. The maximum Gasteiger partial charge on any atom is 0.328 e. The summed E-state index contributed by atoms with van der Waals surface area (Å²) in [5.41, 5.74) is 6.18. The topological polar surface area (TPSA) is 107 Å². The van der Waals surface area contributed by atoms with Crippen molar-refractivity contribution in [3.63, 3.8) is 0 Å². The standard InChI is InChI=1S/C12H9ClN4O3/c13-7-4-17(12(19)16-11(7)18)5-10-15-8-3-6(14)1-2-9(8)20-10/h1-4H,5,14H2,(H,16,18,19). The number of fused-ring (bicyclic) bond motifs is 1. The van der Waals surface area contributed by atoms with E-state index in [9.17, 15) is 9.59 Å². The van der Waals surface area contributed by atoms with Gasteiger partial charge in [-0.05, 0) is 18.2 Å². The highest BCUT2D eigenvalue weighted by Gasteiger charge is 2.09. The van der Waals surface area contributed by atoms with Gasteiger partial charge in [-0.15, -0.1) is 0 Å². The number of halogens is 1. The molecule has 20 heavy (non-hydrogen) atoms. The molecule has 0 aliphatic heterocycles. The van der Waals surface area contributed by atoms with Crippen LogP contribution in [0.15, 0.2) is 38.4 Å². The molecule has 0 atom stereocenters. The van der Waals surface area contributed by atoms with Crippen molar-refractivity contribution < 1.29 is 4.42 Å². The van der Waals surface area contributed by atoms with Crippen molar-refractivity contribution in [2.45, 2.75) is 6.54 Å². The summed E-state index contributed by atoms with van der Waals surface area (Å²) in [6.45, 7) is 0.0594. The maximum absolute atomic E-state index is 11.6. The van der Waals surface area contributed by atoms with Crippen molar-refractivity contribution in [3.8, 4) is 0 Å². The molecule has 0 unspecified atom stereocenters. The third kappa shape index (κ3) is 2.19. The Kier molecular flexibility index (Phi) is 2.83. The van der Waals surface area contributed by atoms with E-state index in [0.717, 1.165) is 0 Å². The van der Waals surface area contributed by atoms with Crippen LogP contribution in [0.5, 0.6) is 0 Å². The number of hydrogen-bond donors (Lipinski definition) is 2. The third-order valence-electron chi connectivity index (χ3n) is 2.73. The third-order valence-corrected chi connectivity index (χ3v) is 3.00. The van der Waals surface area contributed by atoms with E-state index in [4.69, 9.17) is 21.8 Å². The predicted molar refractivity (Wildman–Crippen MR) is 73.9 cm³/mol. The first kappa shape index (κ1) is 12.5. The molecule has 1 aromatic carbocycles. The molecule has 8 heteroatoms. The Hall–Kier alpha value is -2.54. The summed E-state index contributed by atoms with van der Waals surface area (Å²) in [6, 6.07) is 5.06. The quantitative estimate of drug-likeness (QED) is 0.684. The second kappa shape index (κ2) is 4.53. The Balaban J connectivity index is 2.03. The van der Waals surface area contributed by atoms with Gasteiger partial charge in [0.15, 0.2) is 5.58 Å². The number of aromatic nitrogens is 3. The molecular formula is C12H9ClN4O3. The van der Waals surface area contributed by atoms with Crippen LogP contribution in [0.1, 0.15) is 5.89 Å². The largest absolute Gasteiger partial charge is 0.439 e. The predicted octanol–water partition coefficient (Wildman–Crippen LogP) is 0.962. The first-order chi connectivity index (χ1) is 9.52. The zero-order chi connectivity index (χ0) is 14.3. The maximum atomic E-state index is 11.6.